The lowest BCUT2D eigenvalue weighted by Crippen LogP contribution is -2.29. The smallest absolute Gasteiger partial charge is 0.477 e. The number of aromatic nitrogens is 3. The Morgan fingerprint density at radius 1 is 1.11 bits per heavy atom. The molecular weight excluding hydrogens is 614 g/mol. The largest absolute Gasteiger partial charge is 0.573 e. The Morgan fingerprint density at radius 2 is 1.78 bits per heavy atom. The Bertz CT molecular complexity index is 1780. The molecule has 0 spiro atoms. The van der Waals surface area contributed by atoms with E-state index in [1.54, 1.807) is 32.9 Å². The number of halogens is 4. The molecule has 2 aromatic carbocycles. The molecule has 0 bridgehead atoms. The van der Waals surface area contributed by atoms with Crippen LogP contribution in [0.4, 0.5) is 17.6 Å². The number of alkyl halides is 3. The highest BCUT2D eigenvalue weighted by atomic mass is 19.4. The van der Waals surface area contributed by atoms with Gasteiger partial charge in [-0.05, 0) is 81.0 Å². The molecule has 5 rings (SSSR count). The van der Waals surface area contributed by atoms with Crippen molar-refractivity contribution in [3.05, 3.63) is 93.7 Å². The number of nitrogens with zero attached hydrogens (tertiary/aromatic N) is 3. The predicted octanol–water partition coefficient (Wildman–Crippen LogP) is 5.29. The van der Waals surface area contributed by atoms with Gasteiger partial charge >= 0.3 is 18.3 Å². The van der Waals surface area contributed by atoms with Crippen molar-refractivity contribution >= 4 is 23.5 Å². The average Bonchev–Trinajstić information content (AvgIpc) is 3.55. The summed E-state index contributed by atoms with van der Waals surface area (Å²) in [6.45, 7) is 7.55. The highest BCUT2D eigenvalue weighted by Crippen LogP contribution is 2.35. The molecule has 0 radical (unpaired) electrons. The molecule has 244 valence electrons. The van der Waals surface area contributed by atoms with E-state index in [-0.39, 0.29) is 23.1 Å². The first-order valence-corrected chi connectivity index (χ1v) is 14.0. The maximum absolute atomic E-state index is 14.0. The first kappa shape index (κ1) is 33.8. The molecule has 0 unspecified atom stereocenters. The maximum Gasteiger partial charge on any atom is 0.573 e. The molecule has 0 aliphatic heterocycles. The highest BCUT2D eigenvalue weighted by molar-refractivity contribution is 5.96. The minimum atomic E-state index is -4.63. The van der Waals surface area contributed by atoms with Crippen LogP contribution >= 0.6 is 0 Å². The maximum atomic E-state index is 14.0. The van der Waals surface area contributed by atoms with E-state index in [9.17, 15) is 37.1 Å². The summed E-state index contributed by atoms with van der Waals surface area (Å²) < 4.78 is 59.1. The van der Waals surface area contributed by atoms with Crippen molar-refractivity contribution in [1.82, 2.24) is 19.9 Å². The quantitative estimate of drug-likeness (QED) is 0.187. The van der Waals surface area contributed by atoms with Gasteiger partial charge < -0.3 is 25.6 Å². The van der Waals surface area contributed by atoms with Crippen molar-refractivity contribution in [2.24, 2.45) is 5.73 Å². The summed E-state index contributed by atoms with van der Waals surface area (Å²) in [4.78, 5) is 40.7. The zero-order chi connectivity index (χ0) is 34.0. The predicted molar refractivity (Wildman–Crippen MR) is 156 cm³/mol. The zero-order valence-corrected chi connectivity index (χ0v) is 25.2. The van der Waals surface area contributed by atoms with Crippen molar-refractivity contribution in [2.75, 3.05) is 0 Å². The molecule has 1 aliphatic carbocycles. The summed E-state index contributed by atoms with van der Waals surface area (Å²) in [5.41, 5.74) is 7.56. The van der Waals surface area contributed by atoms with Crippen LogP contribution in [0.3, 0.4) is 0 Å². The fourth-order valence-corrected chi connectivity index (χ4v) is 4.85. The van der Waals surface area contributed by atoms with Crippen LogP contribution in [-0.4, -0.2) is 49.5 Å². The molecule has 0 fully saturated rings. The lowest BCUT2D eigenvalue weighted by atomic mass is 9.97. The number of benzene rings is 2. The van der Waals surface area contributed by atoms with Gasteiger partial charge in [0.15, 0.2) is 17.2 Å². The van der Waals surface area contributed by atoms with Crippen molar-refractivity contribution in [3.8, 4) is 5.75 Å². The highest BCUT2D eigenvalue weighted by Gasteiger charge is 2.31. The number of carbonyl (C=O) groups excluding carboxylic acids is 2. The summed E-state index contributed by atoms with van der Waals surface area (Å²) in [5.74, 6) is -3.46. The molecule has 4 N–H and O–H groups in total. The first-order chi connectivity index (χ1) is 21.5. The van der Waals surface area contributed by atoms with Crippen LogP contribution in [0.1, 0.15) is 86.8 Å². The van der Waals surface area contributed by atoms with E-state index >= 15 is 0 Å². The summed E-state index contributed by atoms with van der Waals surface area (Å²) in [6, 6.07) is 9.61. The van der Waals surface area contributed by atoms with Gasteiger partial charge in [0.1, 0.15) is 17.0 Å². The number of carboxylic acids is 1. The Hall–Kier alpha value is -5.05. The number of esters is 1. The molecule has 0 saturated carbocycles. The Labute approximate surface area is 260 Å². The van der Waals surface area contributed by atoms with E-state index < -0.39 is 41.3 Å². The van der Waals surface area contributed by atoms with E-state index in [0.29, 0.717) is 24.9 Å². The zero-order valence-electron chi connectivity index (χ0n) is 25.2. The Kier molecular flexibility index (Phi) is 9.66. The van der Waals surface area contributed by atoms with Gasteiger partial charge in [0.2, 0.25) is 0 Å². The molecule has 11 nitrogen and oxygen atoms in total. The van der Waals surface area contributed by atoms with Crippen LogP contribution < -0.4 is 15.8 Å². The van der Waals surface area contributed by atoms with Crippen LogP contribution in [0.2, 0.25) is 0 Å². The number of aromatic carboxylic acids is 1. The number of fused-ring (bicyclic) bond motifs is 2. The van der Waals surface area contributed by atoms with Crippen LogP contribution in [0.15, 0.2) is 48.7 Å². The summed E-state index contributed by atoms with van der Waals surface area (Å²) >= 11 is 0. The lowest BCUT2D eigenvalue weighted by molar-refractivity contribution is -0.274. The van der Waals surface area contributed by atoms with Crippen molar-refractivity contribution < 1.29 is 46.5 Å². The standard InChI is InChI=1S/C23H23FN4O5.C8H8F3NO/c1-11-12-7-8-16(14(12)6-5-13(11)22(32)33-23(2,3)4)27-20(29)18-9-17(21(30)31)26-19-15(24)10-25-28(18)19;9-8(10,11)13-7-3-1-6(5-12)2-4-7/h5-6,9-10,16H,7-8H2,1-4H3,(H,27,29)(H,30,31);1-4H,5,12H2/t16-;/m0./s1. The molecule has 1 atom stereocenters. The number of carboxylic acid groups (broad SMARTS) is 1. The molecule has 0 saturated heterocycles. The van der Waals surface area contributed by atoms with Crippen LogP contribution in [-0.2, 0) is 17.7 Å². The van der Waals surface area contributed by atoms with Crippen molar-refractivity contribution in [1.29, 1.82) is 0 Å². The number of ether oxygens (including phenoxy) is 2. The van der Waals surface area contributed by atoms with Crippen LogP contribution in [0.5, 0.6) is 5.75 Å². The molecule has 2 aromatic heterocycles. The first-order valence-electron chi connectivity index (χ1n) is 14.0. The average molecular weight is 646 g/mol. The fourth-order valence-electron chi connectivity index (χ4n) is 4.85. The Balaban J connectivity index is 0.000000310. The molecule has 4 aromatic rings. The van der Waals surface area contributed by atoms with Gasteiger partial charge in [-0.1, -0.05) is 18.2 Å². The summed E-state index contributed by atoms with van der Waals surface area (Å²) in [5, 5.41) is 16.0. The van der Waals surface area contributed by atoms with E-state index in [1.807, 2.05) is 6.92 Å². The fraction of sp³-hybridized carbons (Fsp3) is 0.323. The van der Waals surface area contributed by atoms with Gasteiger partial charge in [-0.2, -0.15) is 5.10 Å². The summed E-state index contributed by atoms with van der Waals surface area (Å²) in [7, 11) is 0. The number of nitrogens with two attached hydrogens (primary N) is 1. The Morgan fingerprint density at radius 3 is 2.37 bits per heavy atom. The molecule has 46 heavy (non-hydrogen) atoms. The molecule has 2 heterocycles. The minimum Gasteiger partial charge on any atom is -0.477 e. The molecule has 15 heteroatoms. The van der Waals surface area contributed by atoms with E-state index in [1.165, 1.54) is 24.3 Å². The SMILES string of the molecule is Cc1c(C(=O)OC(C)(C)C)ccc2c1CC[C@@H]2NC(=O)c1cc(C(=O)O)nc2c(F)cnn12.NCc1ccc(OC(F)(F)F)cc1. The van der Waals surface area contributed by atoms with Gasteiger partial charge in [0.05, 0.1) is 17.8 Å². The third-order valence-corrected chi connectivity index (χ3v) is 6.89. The minimum absolute atomic E-state index is 0.142. The number of rotatable bonds is 6. The molecular formula is C31H31F4N5O6. The second kappa shape index (κ2) is 13.1. The van der Waals surface area contributed by atoms with Gasteiger partial charge in [-0.15, -0.1) is 13.2 Å². The number of amides is 1. The number of hydrogen-bond acceptors (Lipinski definition) is 8. The van der Waals surface area contributed by atoms with Gasteiger partial charge in [-0.25, -0.2) is 23.5 Å². The normalized spacial score (nSPS) is 14.2. The monoisotopic (exact) mass is 645 g/mol. The van der Waals surface area contributed by atoms with E-state index in [0.717, 1.165) is 39.0 Å². The second-order valence-corrected chi connectivity index (χ2v) is 11.3. The van der Waals surface area contributed by atoms with E-state index in [2.05, 4.69) is 20.1 Å². The van der Waals surface area contributed by atoms with Crippen molar-refractivity contribution in [3.63, 3.8) is 0 Å². The van der Waals surface area contributed by atoms with E-state index in [4.69, 9.17) is 10.5 Å². The van der Waals surface area contributed by atoms with Gasteiger partial charge in [0.25, 0.3) is 5.91 Å². The topological polar surface area (TPSA) is 158 Å². The third kappa shape index (κ3) is 7.96. The number of carbonyl (C=O) groups is 3. The lowest BCUT2D eigenvalue weighted by Gasteiger charge is -2.21. The molecule has 1 aliphatic rings. The second-order valence-electron chi connectivity index (χ2n) is 11.3. The summed E-state index contributed by atoms with van der Waals surface area (Å²) in [6.07, 6.45) is -2.53. The van der Waals surface area contributed by atoms with Crippen LogP contribution in [0.25, 0.3) is 5.65 Å². The van der Waals surface area contributed by atoms with Crippen LogP contribution in [0, 0.1) is 12.7 Å². The molecule has 1 amide bonds. The van der Waals surface area contributed by atoms with Gasteiger partial charge in [-0.3, -0.25) is 4.79 Å². The number of nitrogens with one attached hydrogen (secondary N) is 1. The van der Waals surface area contributed by atoms with Gasteiger partial charge in [0, 0.05) is 12.6 Å². The third-order valence-electron chi connectivity index (χ3n) is 6.89. The number of hydrogen-bond donors (Lipinski definition) is 3. The van der Waals surface area contributed by atoms with Crippen molar-refractivity contribution in [2.45, 2.75) is 65.1 Å².